The first-order valence-corrected chi connectivity index (χ1v) is 7.04. The van der Waals surface area contributed by atoms with E-state index in [9.17, 15) is 9.59 Å². The fraction of sp³-hybridized carbons (Fsp3) is 0.643. The molecule has 0 aliphatic carbocycles. The third-order valence-electron chi connectivity index (χ3n) is 3.30. The van der Waals surface area contributed by atoms with Gasteiger partial charge in [0.1, 0.15) is 6.04 Å². The standard InChI is InChI=1S/C14H25N5O3.ClH/c1-15-13(11-8-16-18(4)9-11)14(21)19(6-7-22-5)10-12(20)17(2)3;/h8-9,13,15H,6-7,10H2,1-5H3;1H. The Balaban J connectivity index is 0.00000484. The van der Waals surface area contributed by atoms with E-state index < -0.39 is 6.04 Å². The number of aryl methyl sites for hydroxylation is 1. The number of nitrogens with one attached hydrogen (secondary N) is 1. The van der Waals surface area contributed by atoms with Crippen molar-refractivity contribution >= 4 is 24.2 Å². The van der Waals surface area contributed by atoms with Crippen LogP contribution in [0.25, 0.3) is 0 Å². The molecule has 23 heavy (non-hydrogen) atoms. The van der Waals surface area contributed by atoms with Crippen LogP contribution in [0.15, 0.2) is 12.4 Å². The van der Waals surface area contributed by atoms with Crippen molar-refractivity contribution in [1.82, 2.24) is 24.9 Å². The lowest BCUT2D eigenvalue weighted by Gasteiger charge is -2.27. The molecule has 0 fully saturated rings. The summed E-state index contributed by atoms with van der Waals surface area (Å²) < 4.78 is 6.67. The maximum atomic E-state index is 12.7. The molecule has 0 aliphatic rings. The molecule has 1 aromatic heterocycles. The lowest BCUT2D eigenvalue weighted by atomic mass is 10.1. The van der Waals surface area contributed by atoms with Crippen LogP contribution in [0.1, 0.15) is 11.6 Å². The van der Waals surface area contributed by atoms with Crippen LogP contribution in [0.3, 0.4) is 0 Å². The van der Waals surface area contributed by atoms with Crippen molar-refractivity contribution in [1.29, 1.82) is 0 Å². The Morgan fingerprint density at radius 2 is 2.09 bits per heavy atom. The predicted molar refractivity (Wildman–Crippen MR) is 89.4 cm³/mol. The first-order chi connectivity index (χ1) is 10.4. The highest BCUT2D eigenvalue weighted by atomic mass is 35.5. The average Bonchev–Trinajstić information content (AvgIpc) is 2.89. The third-order valence-corrected chi connectivity index (χ3v) is 3.30. The third kappa shape index (κ3) is 6.17. The van der Waals surface area contributed by atoms with Crippen LogP contribution in [-0.4, -0.2) is 79.3 Å². The molecule has 1 N–H and O–H groups in total. The van der Waals surface area contributed by atoms with Gasteiger partial charge in [0.25, 0.3) is 0 Å². The van der Waals surface area contributed by atoms with Crippen molar-refractivity contribution in [3.63, 3.8) is 0 Å². The van der Waals surface area contributed by atoms with Crippen LogP contribution < -0.4 is 5.32 Å². The lowest BCUT2D eigenvalue weighted by molar-refractivity contribution is -0.141. The zero-order valence-corrected chi connectivity index (χ0v) is 15.1. The van der Waals surface area contributed by atoms with Crippen molar-refractivity contribution in [3.05, 3.63) is 18.0 Å². The minimum absolute atomic E-state index is 0. The SMILES string of the molecule is CNC(C(=O)N(CCOC)CC(=O)N(C)C)c1cnn(C)c1.Cl. The molecule has 8 nitrogen and oxygen atoms in total. The Hall–Kier alpha value is -1.64. The molecule has 132 valence electrons. The monoisotopic (exact) mass is 347 g/mol. The fourth-order valence-corrected chi connectivity index (χ4v) is 1.98. The highest BCUT2D eigenvalue weighted by molar-refractivity contribution is 5.88. The number of hydrogen-bond donors (Lipinski definition) is 1. The molecule has 0 radical (unpaired) electrons. The van der Waals surface area contributed by atoms with Gasteiger partial charge in [-0.25, -0.2) is 0 Å². The highest BCUT2D eigenvalue weighted by Crippen LogP contribution is 2.14. The first-order valence-electron chi connectivity index (χ1n) is 7.04. The zero-order valence-electron chi connectivity index (χ0n) is 14.3. The summed E-state index contributed by atoms with van der Waals surface area (Å²) >= 11 is 0. The van der Waals surface area contributed by atoms with E-state index in [1.54, 1.807) is 52.4 Å². The quantitative estimate of drug-likeness (QED) is 0.696. The van der Waals surface area contributed by atoms with Crippen LogP contribution >= 0.6 is 12.4 Å². The van der Waals surface area contributed by atoms with Gasteiger partial charge in [-0.15, -0.1) is 12.4 Å². The number of amides is 2. The summed E-state index contributed by atoms with van der Waals surface area (Å²) in [6.45, 7) is 0.747. The smallest absolute Gasteiger partial charge is 0.244 e. The van der Waals surface area contributed by atoms with Crippen LogP contribution in [0.5, 0.6) is 0 Å². The maximum absolute atomic E-state index is 12.7. The largest absolute Gasteiger partial charge is 0.383 e. The number of methoxy groups -OCH3 is 1. The number of ether oxygens (including phenoxy) is 1. The molecule has 0 aromatic carbocycles. The second-order valence-corrected chi connectivity index (χ2v) is 5.21. The molecule has 9 heteroatoms. The Morgan fingerprint density at radius 1 is 1.43 bits per heavy atom. The van der Waals surface area contributed by atoms with Crippen molar-refractivity contribution in [2.45, 2.75) is 6.04 Å². The number of halogens is 1. The maximum Gasteiger partial charge on any atom is 0.244 e. The number of carbonyl (C=O) groups is 2. The van der Waals surface area contributed by atoms with Crippen LogP contribution in [0.4, 0.5) is 0 Å². The molecule has 1 atom stereocenters. The number of rotatable bonds is 8. The lowest BCUT2D eigenvalue weighted by Crippen LogP contribution is -2.46. The van der Waals surface area contributed by atoms with E-state index in [1.165, 1.54) is 9.80 Å². The van der Waals surface area contributed by atoms with Gasteiger partial charge in [-0.05, 0) is 7.05 Å². The van der Waals surface area contributed by atoms with Gasteiger partial charge in [0.2, 0.25) is 11.8 Å². The average molecular weight is 348 g/mol. The van der Waals surface area contributed by atoms with Crippen molar-refractivity contribution in [2.75, 3.05) is 47.9 Å². The van der Waals surface area contributed by atoms with Crippen molar-refractivity contribution in [3.8, 4) is 0 Å². The summed E-state index contributed by atoms with van der Waals surface area (Å²) in [6, 6.07) is -0.541. The molecule has 1 aromatic rings. The number of carbonyl (C=O) groups excluding carboxylic acids is 2. The molecular formula is C14H26ClN5O3. The summed E-state index contributed by atoms with van der Waals surface area (Å²) in [4.78, 5) is 27.6. The van der Waals surface area contributed by atoms with Gasteiger partial charge >= 0.3 is 0 Å². The summed E-state index contributed by atoms with van der Waals surface area (Å²) in [6.07, 6.45) is 3.42. The van der Waals surface area contributed by atoms with Gasteiger partial charge < -0.3 is 19.9 Å². The summed E-state index contributed by atoms with van der Waals surface area (Å²) in [5.41, 5.74) is 0.759. The molecule has 0 aliphatic heterocycles. The summed E-state index contributed by atoms with van der Waals surface area (Å²) in [5, 5.41) is 7.07. The fourth-order valence-electron chi connectivity index (χ4n) is 1.98. The van der Waals surface area contributed by atoms with E-state index in [0.717, 1.165) is 5.56 Å². The minimum atomic E-state index is -0.541. The van der Waals surface area contributed by atoms with Gasteiger partial charge in [0.05, 0.1) is 19.3 Å². The van der Waals surface area contributed by atoms with Crippen LogP contribution in [-0.2, 0) is 21.4 Å². The van der Waals surface area contributed by atoms with Gasteiger partial charge in [0, 0.05) is 46.6 Å². The molecule has 2 amide bonds. The van der Waals surface area contributed by atoms with Gasteiger partial charge in [0.15, 0.2) is 0 Å². The Bertz CT molecular complexity index is 506. The molecule has 0 spiro atoms. The van der Waals surface area contributed by atoms with Crippen molar-refractivity contribution in [2.24, 2.45) is 7.05 Å². The number of nitrogens with zero attached hydrogens (tertiary/aromatic N) is 4. The summed E-state index contributed by atoms with van der Waals surface area (Å²) in [5.74, 6) is -0.312. The number of aromatic nitrogens is 2. The molecular weight excluding hydrogens is 322 g/mol. The number of hydrogen-bond acceptors (Lipinski definition) is 5. The minimum Gasteiger partial charge on any atom is -0.383 e. The Morgan fingerprint density at radius 3 is 2.52 bits per heavy atom. The predicted octanol–water partition coefficient (Wildman–Crippen LogP) is -0.334. The zero-order chi connectivity index (χ0) is 16.7. The van der Waals surface area contributed by atoms with Gasteiger partial charge in [-0.2, -0.15) is 5.10 Å². The molecule has 0 bridgehead atoms. The topological polar surface area (TPSA) is 79.7 Å². The van der Waals surface area contributed by atoms with E-state index >= 15 is 0 Å². The second-order valence-electron chi connectivity index (χ2n) is 5.21. The van der Waals surface area contributed by atoms with E-state index in [0.29, 0.717) is 13.2 Å². The first kappa shape index (κ1) is 21.4. The van der Waals surface area contributed by atoms with E-state index in [-0.39, 0.29) is 30.8 Å². The summed E-state index contributed by atoms with van der Waals surface area (Å²) in [7, 11) is 8.39. The van der Waals surface area contributed by atoms with Gasteiger partial charge in [-0.1, -0.05) is 0 Å². The molecule has 1 unspecified atom stereocenters. The molecule has 1 heterocycles. The van der Waals surface area contributed by atoms with Crippen molar-refractivity contribution < 1.29 is 14.3 Å². The normalized spacial score (nSPS) is 11.5. The molecule has 0 saturated heterocycles. The van der Waals surface area contributed by atoms with E-state index in [4.69, 9.17) is 4.74 Å². The second kappa shape index (κ2) is 10.2. The van der Waals surface area contributed by atoms with Crippen LogP contribution in [0, 0.1) is 0 Å². The van der Waals surface area contributed by atoms with E-state index in [2.05, 4.69) is 10.4 Å². The Kier molecular flexibility index (Phi) is 9.47. The highest BCUT2D eigenvalue weighted by Gasteiger charge is 2.27. The van der Waals surface area contributed by atoms with Gasteiger partial charge in [-0.3, -0.25) is 14.3 Å². The van der Waals surface area contributed by atoms with Crippen LogP contribution in [0.2, 0.25) is 0 Å². The molecule has 0 saturated carbocycles. The Labute approximate surface area is 143 Å². The molecule has 1 rings (SSSR count). The number of likely N-dealkylation sites (N-methyl/N-ethyl adjacent to an activating group) is 2. The van der Waals surface area contributed by atoms with E-state index in [1.807, 2.05) is 0 Å².